The summed E-state index contributed by atoms with van der Waals surface area (Å²) in [5, 5.41) is 10.3. The zero-order valence-electron chi connectivity index (χ0n) is 12.4. The minimum absolute atomic E-state index is 0.352. The number of fused-ring (bicyclic) bond motifs is 1. The Morgan fingerprint density at radius 2 is 2.05 bits per heavy atom. The molecule has 0 saturated carbocycles. The van der Waals surface area contributed by atoms with Gasteiger partial charge in [-0.1, -0.05) is 18.2 Å². The number of halogens is 1. The van der Waals surface area contributed by atoms with Crippen LogP contribution in [0.4, 0.5) is 4.39 Å². The van der Waals surface area contributed by atoms with Gasteiger partial charge in [0.2, 0.25) is 0 Å². The number of aromatic nitrogens is 2. The maximum atomic E-state index is 13.7. The van der Waals surface area contributed by atoms with Crippen molar-refractivity contribution in [2.24, 2.45) is 0 Å². The molecule has 1 aromatic carbocycles. The molecule has 1 atom stereocenters. The van der Waals surface area contributed by atoms with Crippen molar-refractivity contribution in [1.29, 1.82) is 0 Å². The summed E-state index contributed by atoms with van der Waals surface area (Å²) < 4.78 is 15.9. The first-order valence-electron chi connectivity index (χ1n) is 7.23. The monoisotopic (exact) mass is 289 g/mol. The average molecular weight is 289 g/mol. The smallest absolute Gasteiger partial charge is 0.129 e. The molecule has 4 nitrogen and oxygen atoms in total. The Hall–Kier alpha value is -1.72. The topological polar surface area (TPSA) is 41.3 Å². The van der Waals surface area contributed by atoms with Crippen molar-refractivity contribution in [2.75, 3.05) is 13.1 Å². The highest BCUT2D eigenvalue weighted by Gasteiger charge is 2.23. The largest absolute Gasteiger partial charge is 0.387 e. The molecule has 0 bridgehead atoms. The number of hydrogen-bond acceptors (Lipinski definition) is 3. The molecule has 0 saturated heterocycles. The SMILES string of the molecule is Cc1nc2n(c1C)CCN(C[C@@H](O)c1ccccc1F)C2. The Kier molecular flexibility index (Phi) is 3.78. The van der Waals surface area contributed by atoms with Crippen LogP contribution in [0.25, 0.3) is 0 Å². The molecule has 0 radical (unpaired) electrons. The van der Waals surface area contributed by atoms with E-state index in [0.717, 1.165) is 24.6 Å². The van der Waals surface area contributed by atoms with Crippen LogP contribution in [0, 0.1) is 19.7 Å². The van der Waals surface area contributed by atoms with Gasteiger partial charge in [0.15, 0.2) is 0 Å². The first kappa shape index (κ1) is 14.2. The van der Waals surface area contributed by atoms with Gasteiger partial charge < -0.3 is 9.67 Å². The van der Waals surface area contributed by atoms with Crippen molar-refractivity contribution in [2.45, 2.75) is 33.0 Å². The number of hydrogen-bond donors (Lipinski definition) is 1. The molecule has 1 aliphatic heterocycles. The zero-order valence-corrected chi connectivity index (χ0v) is 12.4. The normalized spacial score (nSPS) is 16.8. The Labute approximate surface area is 123 Å². The number of aryl methyl sites for hydroxylation is 1. The summed E-state index contributed by atoms with van der Waals surface area (Å²) in [6, 6.07) is 6.40. The zero-order chi connectivity index (χ0) is 15.0. The van der Waals surface area contributed by atoms with Crippen LogP contribution < -0.4 is 0 Å². The van der Waals surface area contributed by atoms with Crippen LogP contribution in [0.1, 0.15) is 28.9 Å². The molecule has 0 fully saturated rings. The Morgan fingerprint density at radius 1 is 1.29 bits per heavy atom. The van der Waals surface area contributed by atoms with E-state index in [1.165, 1.54) is 11.8 Å². The number of aliphatic hydroxyl groups excluding tert-OH is 1. The van der Waals surface area contributed by atoms with E-state index < -0.39 is 6.10 Å². The van der Waals surface area contributed by atoms with Crippen LogP contribution in [0.5, 0.6) is 0 Å². The van der Waals surface area contributed by atoms with Gasteiger partial charge in [0, 0.05) is 30.9 Å². The number of β-amino-alcohol motifs (C(OH)–C–C–N with tert-alkyl or cyclic N) is 1. The number of nitrogens with zero attached hydrogens (tertiary/aromatic N) is 3. The third-order valence-corrected chi connectivity index (χ3v) is 4.24. The third kappa shape index (κ3) is 2.71. The molecular weight excluding hydrogens is 269 g/mol. The van der Waals surface area contributed by atoms with Crippen molar-refractivity contribution in [3.05, 3.63) is 52.9 Å². The Morgan fingerprint density at radius 3 is 2.81 bits per heavy atom. The first-order chi connectivity index (χ1) is 10.1. The summed E-state index contributed by atoms with van der Waals surface area (Å²) in [6.45, 7) is 6.92. The molecule has 2 aromatic rings. The summed E-state index contributed by atoms with van der Waals surface area (Å²) in [5.41, 5.74) is 2.62. The summed E-state index contributed by atoms with van der Waals surface area (Å²) in [6.07, 6.45) is -0.810. The maximum absolute atomic E-state index is 13.7. The lowest BCUT2D eigenvalue weighted by atomic mass is 10.1. The predicted molar refractivity (Wildman–Crippen MR) is 78.3 cm³/mol. The van der Waals surface area contributed by atoms with E-state index in [-0.39, 0.29) is 5.82 Å². The highest BCUT2D eigenvalue weighted by molar-refractivity contribution is 5.20. The van der Waals surface area contributed by atoms with Crippen LogP contribution in [0.15, 0.2) is 24.3 Å². The van der Waals surface area contributed by atoms with Crippen LogP contribution in [-0.2, 0) is 13.1 Å². The summed E-state index contributed by atoms with van der Waals surface area (Å²) in [4.78, 5) is 6.69. The molecule has 1 aliphatic rings. The second kappa shape index (κ2) is 5.58. The second-order valence-electron chi connectivity index (χ2n) is 5.62. The Balaban J connectivity index is 1.71. The summed E-state index contributed by atoms with van der Waals surface area (Å²) >= 11 is 0. The first-order valence-corrected chi connectivity index (χ1v) is 7.23. The fourth-order valence-electron chi connectivity index (χ4n) is 2.91. The third-order valence-electron chi connectivity index (χ3n) is 4.24. The fourth-order valence-corrected chi connectivity index (χ4v) is 2.91. The van der Waals surface area contributed by atoms with E-state index in [4.69, 9.17) is 0 Å². The molecule has 3 rings (SSSR count). The van der Waals surface area contributed by atoms with Gasteiger partial charge in [-0.25, -0.2) is 9.37 Å². The van der Waals surface area contributed by atoms with Crippen molar-refractivity contribution >= 4 is 0 Å². The molecule has 0 unspecified atom stereocenters. The molecule has 112 valence electrons. The second-order valence-corrected chi connectivity index (χ2v) is 5.62. The minimum atomic E-state index is -0.810. The van der Waals surface area contributed by atoms with Crippen molar-refractivity contribution < 1.29 is 9.50 Å². The maximum Gasteiger partial charge on any atom is 0.129 e. The molecule has 2 heterocycles. The molecule has 0 spiro atoms. The van der Waals surface area contributed by atoms with E-state index >= 15 is 0 Å². The van der Waals surface area contributed by atoms with E-state index in [2.05, 4.69) is 21.4 Å². The van der Waals surface area contributed by atoms with E-state index in [1.54, 1.807) is 18.2 Å². The van der Waals surface area contributed by atoms with Gasteiger partial charge in [-0.2, -0.15) is 0 Å². The van der Waals surface area contributed by atoms with Crippen molar-refractivity contribution in [3.8, 4) is 0 Å². The highest BCUT2D eigenvalue weighted by Crippen LogP contribution is 2.21. The van der Waals surface area contributed by atoms with Gasteiger partial charge in [-0.15, -0.1) is 0 Å². The number of aliphatic hydroxyl groups is 1. The molecule has 1 N–H and O–H groups in total. The number of rotatable bonds is 3. The Bertz CT molecular complexity index is 653. The van der Waals surface area contributed by atoms with Crippen LogP contribution in [0.2, 0.25) is 0 Å². The van der Waals surface area contributed by atoms with Gasteiger partial charge in [-0.3, -0.25) is 4.90 Å². The minimum Gasteiger partial charge on any atom is -0.387 e. The van der Waals surface area contributed by atoms with Crippen LogP contribution in [-0.4, -0.2) is 32.6 Å². The van der Waals surface area contributed by atoms with Gasteiger partial charge in [0.05, 0.1) is 18.3 Å². The van der Waals surface area contributed by atoms with Crippen LogP contribution in [0.3, 0.4) is 0 Å². The summed E-state index contributed by atoms with van der Waals surface area (Å²) in [7, 11) is 0. The van der Waals surface area contributed by atoms with Crippen molar-refractivity contribution in [1.82, 2.24) is 14.5 Å². The molecule has 21 heavy (non-hydrogen) atoms. The quantitative estimate of drug-likeness (QED) is 0.941. The van der Waals surface area contributed by atoms with E-state index in [1.807, 2.05) is 6.92 Å². The van der Waals surface area contributed by atoms with Gasteiger partial charge in [0.25, 0.3) is 0 Å². The molecule has 1 aromatic heterocycles. The molecule has 0 amide bonds. The van der Waals surface area contributed by atoms with Gasteiger partial charge in [-0.05, 0) is 19.9 Å². The average Bonchev–Trinajstić information content (AvgIpc) is 2.74. The number of imidazole rings is 1. The number of benzene rings is 1. The molecular formula is C16H20FN3O. The molecule has 0 aliphatic carbocycles. The fraction of sp³-hybridized carbons (Fsp3) is 0.438. The summed E-state index contributed by atoms with van der Waals surface area (Å²) in [5.74, 6) is 0.673. The predicted octanol–water partition coefficient (Wildman–Crippen LogP) is 2.19. The lowest BCUT2D eigenvalue weighted by molar-refractivity contribution is 0.0935. The lowest BCUT2D eigenvalue weighted by Gasteiger charge is -2.30. The van der Waals surface area contributed by atoms with Crippen molar-refractivity contribution in [3.63, 3.8) is 0 Å². The van der Waals surface area contributed by atoms with E-state index in [0.29, 0.717) is 18.7 Å². The highest BCUT2D eigenvalue weighted by atomic mass is 19.1. The van der Waals surface area contributed by atoms with E-state index in [9.17, 15) is 9.50 Å². The lowest BCUT2D eigenvalue weighted by Crippen LogP contribution is -2.37. The molecule has 5 heteroatoms. The standard InChI is InChI=1S/C16H20FN3O/c1-11-12(2)20-8-7-19(10-16(20)18-11)9-15(21)13-5-3-4-6-14(13)17/h3-6,15,21H,7-10H2,1-2H3/t15-/m1/s1. The van der Waals surface area contributed by atoms with Gasteiger partial charge in [0.1, 0.15) is 11.6 Å². The van der Waals surface area contributed by atoms with Crippen LogP contribution >= 0.6 is 0 Å². The van der Waals surface area contributed by atoms with Gasteiger partial charge >= 0.3 is 0 Å².